The predicted molar refractivity (Wildman–Crippen MR) is 81.1 cm³/mol. The van der Waals surface area contributed by atoms with Gasteiger partial charge in [-0.2, -0.15) is 0 Å². The molecule has 6 heteroatoms. The maximum Gasteiger partial charge on any atom is 0.251 e. The van der Waals surface area contributed by atoms with Crippen LogP contribution in [0.15, 0.2) is 23.1 Å². The lowest BCUT2D eigenvalue weighted by Gasteiger charge is -2.08. The molecule has 0 aliphatic carbocycles. The molecule has 2 aromatic rings. The Morgan fingerprint density at radius 3 is 2.86 bits per heavy atom. The fraction of sp³-hybridized carbons (Fsp3) is 0.400. The fourth-order valence-electron chi connectivity index (χ4n) is 2.06. The third kappa shape index (κ3) is 4.21. The lowest BCUT2D eigenvalue weighted by Crippen LogP contribution is -2.21. The summed E-state index contributed by atoms with van der Waals surface area (Å²) in [5.41, 5.74) is 3.28. The zero-order chi connectivity index (χ0) is 15.2. The summed E-state index contributed by atoms with van der Waals surface area (Å²) in [6.07, 6.45) is 1.77. The summed E-state index contributed by atoms with van der Waals surface area (Å²) in [5.74, 6) is 0.503. The molecule has 0 aliphatic rings. The van der Waals surface area contributed by atoms with Crippen LogP contribution in [0, 0.1) is 13.8 Å². The van der Waals surface area contributed by atoms with Gasteiger partial charge in [-0.1, -0.05) is 6.07 Å². The Morgan fingerprint density at radius 1 is 1.33 bits per heavy atom. The van der Waals surface area contributed by atoms with E-state index >= 15 is 0 Å². The van der Waals surface area contributed by atoms with Gasteiger partial charge in [-0.3, -0.25) is 9.78 Å². The molecule has 0 amide bonds. The average Bonchev–Trinajstić information content (AvgIpc) is 2.43. The summed E-state index contributed by atoms with van der Waals surface area (Å²) in [7, 11) is 1.65. The van der Waals surface area contributed by atoms with E-state index in [9.17, 15) is 4.79 Å². The number of rotatable bonds is 6. The van der Waals surface area contributed by atoms with Crippen molar-refractivity contribution in [3.63, 3.8) is 0 Å². The van der Waals surface area contributed by atoms with Gasteiger partial charge in [0, 0.05) is 32.5 Å². The summed E-state index contributed by atoms with van der Waals surface area (Å²) >= 11 is 0. The highest BCUT2D eigenvalue weighted by Gasteiger charge is 2.08. The second-order valence-corrected chi connectivity index (χ2v) is 4.93. The Morgan fingerprint density at radius 2 is 2.14 bits per heavy atom. The van der Waals surface area contributed by atoms with Crippen molar-refractivity contribution < 1.29 is 4.74 Å². The van der Waals surface area contributed by atoms with Gasteiger partial charge in [0.1, 0.15) is 5.69 Å². The van der Waals surface area contributed by atoms with Crippen LogP contribution >= 0.6 is 0 Å². The van der Waals surface area contributed by atoms with E-state index in [2.05, 4.69) is 20.3 Å². The number of nitrogens with one attached hydrogen (secondary N) is 2. The van der Waals surface area contributed by atoms with Gasteiger partial charge < -0.3 is 15.0 Å². The van der Waals surface area contributed by atoms with Gasteiger partial charge in [0.2, 0.25) is 0 Å². The van der Waals surface area contributed by atoms with Gasteiger partial charge in [0.05, 0.1) is 12.3 Å². The van der Waals surface area contributed by atoms with Crippen LogP contribution in [0.1, 0.15) is 16.8 Å². The summed E-state index contributed by atoms with van der Waals surface area (Å²) in [4.78, 5) is 23.4. The Bertz CT molecular complexity index is 667. The number of hydrogen-bond donors (Lipinski definition) is 2. The Hall–Kier alpha value is -2.05. The molecule has 0 fully saturated rings. The number of ether oxygens (including phenoxy) is 1. The third-order valence-electron chi connectivity index (χ3n) is 3.02. The number of aromatic nitrogens is 3. The number of H-pyrrole nitrogens is 1. The Balaban J connectivity index is 2.24. The first-order valence-corrected chi connectivity index (χ1v) is 6.83. The van der Waals surface area contributed by atoms with Crippen molar-refractivity contribution in [1.29, 1.82) is 0 Å². The van der Waals surface area contributed by atoms with Crippen molar-refractivity contribution in [2.24, 2.45) is 0 Å². The summed E-state index contributed by atoms with van der Waals surface area (Å²) in [6, 6.07) is 3.51. The number of nitrogens with zero attached hydrogens (tertiary/aromatic N) is 2. The first-order valence-electron chi connectivity index (χ1n) is 6.83. The first kappa shape index (κ1) is 15.3. The SMILES string of the molecule is COCCNCc1cc(=O)[nH]c(-c2ncc(C)cc2C)n1. The number of methoxy groups -OCH3 is 1. The van der Waals surface area contributed by atoms with E-state index in [4.69, 9.17) is 4.74 Å². The number of pyridine rings is 1. The maximum atomic E-state index is 11.8. The molecule has 2 rings (SSSR count). The van der Waals surface area contributed by atoms with E-state index in [-0.39, 0.29) is 5.56 Å². The van der Waals surface area contributed by atoms with Crippen LogP contribution in [0.4, 0.5) is 0 Å². The van der Waals surface area contributed by atoms with Crippen LogP contribution in [0.25, 0.3) is 11.5 Å². The molecule has 0 spiro atoms. The van der Waals surface area contributed by atoms with Crippen LogP contribution in [0.2, 0.25) is 0 Å². The van der Waals surface area contributed by atoms with Crippen molar-refractivity contribution in [3.05, 3.63) is 45.5 Å². The highest BCUT2D eigenvalue weighted by atomic mass is 16.5. The van der Waals surface area contributed by atoms with Gasteiger partial charge in [0.15, 0.2) is 5.82 Å². The summed E-state index contributed by atoms with van der Waals surface area (Å²) < 4.78 is 4.96. The summed E-state index contributed by atoms with van der Waals surface area (Å²) in [5, 5.41) is 3.17. The topological polar surface area (TPSA) is 79.9 Å². The van der Waals surface area contributed by atoms with E-state index in [1.807, 2.05) is 19.9 Å². The van der Waals surface area contributed by atoms with Crippen molar-refractivity contribution in [2.45, 2.75) is 20.4 Å². The minimum absolute atomic E-state index is 0.176. The molecule has 21 heavy (non-hydrogen) atoms. The predicted octanol–water partition coefficient (Wildman–Crippen LogP) is 1.18. The van der Waals surface area contributed by atoms with E-state index in [1.54, 1.807) is 13.3 Å². The smallest absolute Gasteiger partial charge is 0.251 e. The zero-order valence-electron chi connectivity index (χ0n) is 12.6. The van der Waals surface area contributed by atoms with Gasteiger partial charge in [-0.15, -0.1) is 0 Å². The normalized spacial score (nSPS) is 10.8. The van der Waals surface area contributed by atoms with Crippen LogP contribution in [-0.4, -0.2) is 35.2 Å². The monoisotopic (exact) mass is 288 g/mol. The molecule has 0 bridgehead atoms. The molecule has 0 saturated heterocycles. The number of hydrogen-bond acceptors (Lipinski definition) is 5. The minimum atomic E-state index is -0.176. The molecule has 0 saturated carbocycles. The van der Waals surface area contributed by atoms with Crippen LogP contribution in [0.5, 0.6) is 0 Å². The Kier molecular flexibility index (Phi) is 5.19. The standard InChI is InChI=1S/C15H20N4O2/c1-10-6-11(2)14(17-8-10)15-18-12(7-13(20)19-15)9-16-4-5-21-3/h6-8,16H,4-5,9H2,1-3H3,(H,18,19,20). The lowest BCUT2D eigenvalue weighted by molar-refractivity contribution is 0.199. The zero-order valence-corrected chi connectivity index (χ0v) is 12.6. The lowest BCUT2D eigenvalue weighted by atomic mass is 10.1. The molecule has 6 nitrogen and oxygen atoms in total. The molecule has 0 radical (unpaired) electrons. The average molecular weight is 288 g/mol. The van der Waals surface area contributed by atoms with Gasteiger partial charge in [-0.05, 0) is 25.0 Å². The van der Waals surface area contributed by atoms with Gasteiger partial charge >= 0.3 is 0 Å². The fourth-order valence-corrected chi connectivity index (χ4v) is 2.06. The molecular formula is C15H20N4O2. The van der Waals surface area contributed by atoms with Crippen molar-refractivity contribution in [1.82, 2.24) is 20.3 Å². The molecule has 0 unspecified atom stereocenters. The van der Waals surface area contributed by atoms with E-state index < -0.39 is 0 Å². The second kappa shape index (κ2) is 7.10. The largest absolute Gasteiger partial charge is 0.383 e. The van der Waals surface area contributed by atoms with Crippen molar-refractivity contribution in [2.75, 3.05) is 20.3 Å². The number of aromatic amines is 1. The van der Waals surface area contributed by atoms with E-state index in [1.165, 1.54) is 6.07 Å². The Labute approximate surface area is 123 Å². The van der Waals surface area contributed by atoms with Crippen LogP contribution in [0.3, 0.4) is 0 Å². The van der Waals surface area contributed by atoms with Crippen LogP contribution in [-0.2, 0) is 11.3 Å². The highest BCUT2D eigenvalue weighted by molar-refractivity contribution is 5.54. The molecule has 2 heterocycles. The molecule has 0 aromatic carbocycles. The van der Waals surface area contributed by atoms with Gasteiger partial charge in [0.25, 0.3) is 5.56 Å². The first-order chi connectivity index (χ1) is 10.1. The van der Waals surface area contributed by atoms with Gasteiger partial charge in [-0.25, -0.2) is 4.98 Å². The maximum absolute atomic E-state index is 11.8. The molecule has 2 aromatic heterocycles. The second-order valence-electron chi connectivity index (χ2n) is 4.93. The van der Waals surface area contributed by atoms with Crippen LogP contribution < -0.4 is 10.9 Å². The quantitative estimate of drug-likeness (QED) is 0.780. The van der Waals surface area contributed by atoms with E-state index in [0.29, 0.717) is 36.9 Å². The number of aryl methyl sites for hydroxylation is 2. The summed E-state index contributed by atoms with van der Waals surface area (Å²) in [6.45, 7) is 5.79. The minimum Gasteiger partial charge on any atom is -0.383 e. The molecule has 0 aliphatic heterocycles. The molecule has 2 N–H and O–H groups in total. The molecule has 0 atom stereocenters. The molecular weight excluding hydrogens is 268 g/mol. The van der Waals surface area contributed by atoms with Crippen molar-refractivity contribution in [3.8, 4) is 11.5 Å². The van der Waals surface area contributed by atoms with Crippen molar-refractivity contribution >= 4 is 0 Å². The molecule has 112 valence electrons. The third-order valence-corrected chi connectivity index (χ3v) is 3.02. The van der Waals surface area contributed by atoms with E-state index in [0.717, 1.165) is 11.1 Å². The highest BCUT2D eigenvalue weighted by Crippen LogP contribution is 2.16.